The van der Waals surface area contributed by atoms with Gasteiger partial charge in [-0.3, -0.25) is 9.69 Å². The number of nitrogens with one attached hydrogen (secondary N) is 1. The van der Waals surface area contributed by atoms with Crippen molar-refractivity contribution in [3.63, 3.8) is 0 Å². The average Bonchev–Trinajstić information content (AvgIpc) is 2.78. The van der Waals surface area contributed by atoms with E-state index in [-0.39, 0.29) is 12.0 Å². The zero-order valence-electron chi connectivity index (χ0n) is 16.7. The smallest absolute Gasteiger partial charge is 0.410 e. The number of amides is 2. The lowest BCUT2D eigenvalue weighted by Crippen LogP contribution is -2.50. The van der Waals surface area contributed by atoms with E-state index in [0.717, 1.165) is 38.5 Å². The highest BCUT2D eigenvalue weighted by molar-refractivity contribution is 5.85. The van der Waals surface area contributed by atoms with Gasteiger partial charge in [0, 0.05) is 13.1 Å². The van der Waals surface area contributed by atoms with Crippen LogP contribution in [0.15, 0.2) is 0 Å². The largest absolute Gasteiger partial charge is 0.444 e. The lowest BCUT2D eigenvalue weighted by atomic mass is 10.1. The second-order valence-corrected chi connectivity index (χ2v) is 8.10. The molecule has 1 N–H and O–H groups in total. The zero-order chi connectivity index (χ0) is 18.7. The number of rotatable bonds is 8. The second-order valence-electron chi connectivity index (χ2n) is 8.10. The van der Waals surface area contributed by atoms with Gasteiger partial charge in [0.05, 0.1) is 0 Å². The van der Waals surface area contributed by atoms with Crippen molar-refractivity contribution in [3.05, 3.63) is 0 Å². The Morgan fingerprint density at radius 1 is 1.04 bits per heavy atom. The van der Waals surface area contributed by atoms with Gasteiger partial charge in [-0.15, -0.1) is 0 Å². The van der Waals surface area contributed by atoms with Crippen molar-refractivity contribution in [1.29, 1.82) is 0 Å². The van der Waals surface area contributed by atoms with Crippen LogP contribution in [0.1, 0.15) is 91.9 Å². The molecule has 146 valence electrons. The zero-order valence-corrected chi connectivity index (χ0v) is 16.7. The van der Waals surface area contributed by atoms with Gasteiger partial charge in [0.1, 0.15) is 11.6 Å². The van der Waals surface area contributed by atoms with Crippen molar-refractivity contribution >= 4 is 12.0 Å². The predicted octanol–water partition coefficient (Wildman–Crippen LogP) is 4.64. The lowest BCUT2D eigenvalue weighted by molar-refractivity contribution is -0.126. The van der Waals surface area contributed by atoms with Gasteiger partial charge >= 0.3 is 6.09 Å². The number of hydrogen-bond acceptors (Lipinski definition) is 3. The van der Waals surface area contributed by atoms with Crippen LogP contribution in [-0.4, -0.2) is 41.6 Å². The van der Waals surface area contributed by atoms with Crippen LogP contribution in [0.5, 0.6) is 0 Å². The summed E-state index contributed by atoms with van der Waals surface area (Å²) in [5.41, 5.74) is -0.539. The molecule has 2 amide bonds. The third kappa shape index (κ3) is 9.13. The van der Waals surface area contributed by atoms with Crippen LogP contribution >= 0.6 is 0 Å². The Morgan fingerprint density at radius 2 is 1.72 bits per heavy atom. The van der Waals surface area contributed by atoms with Crippen LogP contribution in [-0.2, 0) is 9.53 Å². The van der Waals surface area contributed by atoms with Crippen LogP contribution in [0.25, 0.3) is 0 Å². The topological polar surface area (TPSA) is 58.6 Å². The molecule has 1 aliphatic heterocycles. The summed E-state index contributed by atoms with van der Waals surface area (Å²) in [6.45, 7) is 9.08. The summed E-state index contributed by atoms with van der Waals surface area (Å²) in [6, 6.07) is -0.391. The minimum absolute atomic E-state index is 0.0266. The molecule has 1 heterocycles. The van der Waals surface area contributed by atoms with Gasteiger partial charge in [-0.2, -0.15) is 0 Å². The number of unbranched alkanes of at least 4 members (excludes halogenated alkanes) is 5. The molecule has 25 heavy (non-hydrogen) atoms. The summed E-state index contributed by atoms with van der Waals surface area (Å²) in [7, 11) is 0. The highest BCUT2D eigenvalue weighted by atomic mass is 16.6. The highest BCUT2D eigenvalue weighted by Crippen LogP contribution is 2.20. The number of hydrogen-bond donors (Lipinski definition) is 1. The average molecular weight is 355 g/mol. The number of likely N-dealkylation sites (tertiary alicyclic amines) is 1. The summed E-state index contributed by atoms with van der Waals surface area (Å²) in [6.07, 6.45) is 10.5. The molecule has 5 nitrogen and oxygen atoms in total. The van der Waals surface area contributed by atoms with Gasteiger partial charge in [0.2, 0.25) is 5.91 Å². The Labute approximate surface area is 153 Å². The van der Waals surface area contributed by atoms with Crippen molar-refractivity contribution in [3.8, 4) is 0 Å². The van der Waals surface area contributed by atoms with E-state index in [9.17, 15) is 9.59 Å². The first-order valence-corrected chi connectivity index (χ1v) is 10.1. The normalized spacial score (nSPS) is 18.6. The van der Waals surface area contributed by atoms with Gasteiger partial charge in [-0.1, -0.05) is 51.9 Å². The van der Waals surface area contributed by atoms with Crippen molar-refractivity contribution in [2.75, 3.05) is 13.1 Å². The van der Waals surface area contributed by atoms with Crippen LogP contribution in [0.3, 0.4) is 0 Å². The quantitative estimate of drug-likeness (QED) is 0.646. The molecule has 0 unspecified atom stereocenters. The SMILES string of the molecule is CCCCCCCCNC(=O)[C@@H]1CCCCCN1C(=O)OC(C)(C)C. The van der Waals surface area contributed by atoms with Gasteiger partial charge in [0.25, 0.3) is 0 Å². The van der Waals surface area contributed by atoms with Crippen molar-refractivity contribution in [2.24, 2.45) is 0 Å². The summed E-state index contributed by atoms with van der Waals surface area (Å²) in [5.74, 6) is -0.0266. The van der Waals surface area contributed by atoms with E-state index >= 15 is 0 Å². The van der Waals surface area contributed by atoms with Crippen LogP contribution in [0, 0.1) is 0 Å². The van der Waals surface area contributed by atoms with Crippen LogP contribution in [0.2, 0.25) is 0 Å². The summed E-state index contributed by atoms with van der Waals surface area (Å²) in [4.78, 5) is 26.7. The molecule has 1 aliphatic rings. The van der Waals surface area contributed by atoms with Gasteiger partial charge in [0.15, 0.2) is 0 Å². The van der Waals surface area contributed by atoms with E-state index < -0.39 is 11.6 Å². The Morgan fingerprint density at radius 3 is 2.40 bits per heavy atom. The van der Waals surface area contributed by atoms with Gasteiger partial charge in [-0.25, -0.2) is 4.79 Å². The van der Waals surface area contributed by atoms with Crippen molar-refractivity contribution in [1.82, 2.24) is 10.2 Å². The fourth-order valence-corrected chi connectivity index (χ4v) is 3.15. The first kappa shape index (κ1) is 21.8. The Balaban J connectivity index is 2.46. The molecule has 1 atom stereocenters. The maximum Gasteiger partial charge on any atom is 0.410 e. The summed E-state index contributed by atoms with van der Waals surface area (Å²) < 4.78 is 5.50. The lowest BCUT2D eigenvalue weighted by Gasteiger charge is -2.31. The summed E-state index contributed by atoms with van der Waals surface area (Å²) >= 11 is 0. The van der Waals surface area contributed by atoms with E-state index in [1.807, 2.05) is 20.8 Å². The Kier molecular flexibility index (Phi) is 9.91. The number of ether oxygens (including phenoxy) is 1. The monoisotopic (exact) mass is 354 g/mol. The minimum atomic E-state index is -0.539. The second kappa shape index (κ2) is 11.4. The first-order valence-electron chi connectivity index (χ1n) is 10.1. The van der Waals surface area contributed by atoms with Crippen molar-refractivity contribution in [2.45, 2.75) is 104 Å². The molecule has 0 spiro atoms. The molecule has 1 fully saturated rings. The predicted molar refractivity (Wildman–Crippen MR) is 102 cm³/mol. The molecule has 5 heteroatoms. The number of carbonyl (C=O) groups is 2. The highest BCUT2D eigenvalue weighted by Gasteiger charge is 2.33. The van der Waals surface area contributed by atoms with Crippen molar-refractivity contribution < 1.29 is 14.3 Å². The Bertz CT molecular complexity index is 404. The maximum atomic E-state index is 12.6. The molecule has 0 saturated carbocycles. The van der Waals surface area contributed by atoms with E-state index in [0.29, 0.717) is 13.1 Å². The number of carbonyl (C=O) groups excluding carboxylic acids is 2. The number of nitrogens with zero attached hydrogens (tertiary/aromatic N) is 1. The Hall–Kier alpha value is -1.26. The molecule has 0 bridgehead atoms. The third-order valence-electron chi connectivity index (χ3n) is 4.51. The molecule has 0 aromatic heterocycles. The van der Waals surface area contributed by atoms with Crippen LogP contribution < -0.4 is 5.32 Å². The molecule has 0 aromatic carbocycles. The van der Waals surface area contributed by atoms with E-state index in [1.54, 1.807) is 4.90 Å². The van der Waals surface area contributed by atoms with Crippen LogP contribution in [0.4, 0.5) is 4.79 Å². The molecular weight excluding hydrogens is 316 g/mol. The fourth-order valence-electron chi connectivity index (χ4n) is 3.15. The maximum absolute atomic E-state index is 12.6. The molecule has 0 aliphatic carbocycles. The van der Waals surface area contributed by atoms with Gasteiger partial charge < -0.3 is 10.1 Å². The molecule has 1 saturated heterocycles. The standard InChI is InChI=1S/C20H38N2O3/c1-5-6-7-8-9-12-15-21-18(23)17-14-11-10-13-16-22(17)19(24)25-20(2,3)4/h17H,5-16H2,1-4H3,(H,21,23)/t17-/m0/s1. The van der Waals surface area contributed by atoms with E-state index in [4.69, 9.17) is 4.74 Å². The molecule has 0 aromatic rings. The molecule has 0 radical (unpaired) electrons. The third-order valence-corrected chi connectivity index (χ3v) is 4.51. The minimum Gasteiger partial charge on any atom is -0.444 e. The van der Waals surface area contributed by atoms with Gasteiger partial charge in [-0.05, 0) is 40.0 Å². The molecule has 1 rings (SSSR count). The van der Waals surface area contributed by atoms with E-state index in [1.165, 1.54) is 25.7 Å². The van der Waals surface area contributed by atoms with E-state index in [2.05, 4.69) is 12.2 Å². The fraction of sp³-hybridized carbons (Fsp3) is 0.900. The first-order chi connectivity index (χ1) is 11.8. The molecular formula is C20H38N2O3. The summed E-state index contributed by atoms with van der Waals surface area (Å²) in [5, 5.41) is 3.03.